The minimum absolute atomic E-state index is 0.220. The van der Waals surface area contributed by atoms with Crippen LogP contribution in [0.4, 0.5) is 0 Å². The number of nitrogens with zero attached hydrogens (tertiary/aromatic N) is 1. The van der Waals surface area contributed by atoms with Gasteiger partial charge in [0.05, 0.1) is 12.7 Å². The number of ether oxygens (including phenoxy) is 2. The molecule has 1 rings (SSSR count). The van der Waals surface area contributed by atoms with Crippen molar-refractivity contribution < 1.29 is 13.9 Å². The summed E-state index contributed by atoms with van der Waals surface area (Å²) in [6, 6.07) is 0. The van der Waals surface area contributed by atoms with Gasteiger partial charge in [-0.25, -0.2) is 4.98 Å². The summed E-state index contributed by atoms with van der Waals surface area (Å²) < 4.78 is 15.0. The number of hydrogen-bond acceptors (Lipinski definition) is 5. The highest BCUT2D eigenvalue weighted by Crippen LogP contribution is 1.95. The molecule has 5 nitrogen and oxygen atoms in total. The number of aromatic nitrogens is 1. The van der Waals surface area contributed by atoms with Crippen LogP contribution in [0.15, 0.2) is 17.0 Å². The van der Waals surface area contributed by atoms with Crippen molar-refractivity contribution in [1.29, 1.82) is 0 Å². The highest BCUT2D eigenvalue weighted by Gasteiger charge is 2.04. The lowest BCUT2D eigenvalue weighted by atomic mass is 10.5. The van der Waals surface area contributed by atoms with Crippen molar-refractivity contribution in [3.05, 3.63) is 18.4 Å². The first-order valence-corrected chi connectivity index (χ1v) is 4.00. The van der Waals surface area contributed by atoms with Crippen LogP contribution in [0.1, 0.15) is 5.76 Å². The molecular formula is C8H14N2O3. The number of hydrogen-bond donors (Lipinski definition) is 1. The molecule has 0 aliphatic carbocycles. The van der Waals surface area contributed by atoms with Gasteiger partial charge in [-0.1, -0.05) is 0 Å². The van der Waals surface area contributed by atoms with Crippen LogP contribution in [0.3, 0.4) is 0 Å². The van der Waals surface area contributed by atoms with Gasteiger partial charge in [0.25, 0.3) is 0 Å². The normalized spacial score (nSPS) is 11.0. The van der Waals surface area contributed by atoms with Crippen molar-refractivity contribution in [1.82, 2.24) is 10.3 Å². The average molecular weight is 186 g/mol. The molecule has 0 unspecified atom stereocenters. The lowest BCUT2D eigenvalue weighted by molar-refractivity contribution is -0.0990. The van der Waals surface area contributed by atoms with Gasteiger partial charge < -0.3 is 19.2 Å². The Labute approximate surface area is 77.0 Å². The molecule has 5 heteroatoms. The summed E-state index contributed by atoms with van der Waals surface area (Å²) in [4.78, 5) is 3.79. The molecule has 0 saturated carbocycles. The molecule has 0 saturated heterocycles. The molecule has 0 aromatic carbocycles. The number of oxazole rings is 1. The Balaban J connectivity index is 2.13. The Kier molecular flexibility index (Phi) is 4.45. The van der Waals surface area contributed by atoms with Crippen LogP contribution >= 0.6 is 0 Å². The van der Waals surface area contributed by atoms with Crippen LogP contribution in [0.5, 0.6) is 0 Å². The number of rotatable bonds is 6. The third kappa shape index (κ3) is 3.54. The van der Waals surface area contributed by atoms with E-state index in [1.54, 1.807) is 20.4 Å². The Bertz CT molecular complexity index is 209. The predicted molar refractivity (Wildman–Crippen MR) is 46.0 cm³/mol. The molecule has 1 heterocycles. The maximum atomic E-state index is 5.03. The van der Waals surface area contributed by atoms with Gasteiger partial charge >= 0.3 is 0 Å². The molecule has 0 bridgehead atoms. The zero-order chi connectivity index (χ0) is 9.52. The van der Waals surface area contributed by atoms with Crippen molar-refractivity contribution in [2.45, 2.75) is 12.8 Å². The number of nitrogens with one attached hydrogen (secondary N) is 1. The standard InChI is InChI=1S/C8H14N2O3/c1-11-8(12-2)5-9-3-7-4-10-6-13-7/h4,6,8-9H,3,5H2,1-2H3. The van der Waals surface area contributed by atoms with Crippen molar-refractivity contribution in [3.63, 3.8) is 0 Å². The monoisotopic (exact) mass is 186 g/mol. The lowest BCUT2D eigenvalue weighted by Gasteiger charge is -2.12. The van der Waals surface area contributed by atoms with Gasteiger partial charge in [-0.2, -0.15) is 0 Å². The largest absolute Gasteiger partial charge is 0.447 e. The van der Waals surface area contributed by atoms with Gasteiger partial charge in [-0.05, 0) is 0 Å². The molecule has 13 heavy (non-hydrogen) atoms. The van der Waals surface area contributed by atoms with Crippen molar-refractivity contribution in [2.24, 2.45) is 0 Å². The fraction of sp³-hybridized carbons (Fsp3) is 0.625. The molecule has 0 radical (unpaired) electrons. The fourth-order valence-electron chi connectivity index (χ4n) is 0.906. The second-order valence-corrected chi connectivity index (χ2v) is 2.50. The fourth-order valence-corrected chi connectivity index (χ4v) is 0.906. The van der Waals surface area contributed by atoms with Crippen LogP contribution < -0.4 is 5.32 Å². The van der Waals surface area contributed by atoms with E-state index in [1.807, 2.05) is 0 Å². The third-order valence-corrected chi connectivity index (χ3v) is 1.62. The predicted octanol–water partition coefficient (Wildman–Crippen LogP) is 0.383. The zero-order valence-corrected chi connectivity index (χ0v) is 7.82. The smallest absolute Gasteiger partial charge is 0.180 e. The molecule has 0 atom stereocenters. The van der Waals surface area contributed by atoms with E-state index in [9.17, 15) is 0 Å². The number of methoxy groups -OCH3 is 2. The second kappa shape index (κ2) is 5.69. The first kappa shape index (κ1) is 10.2. The van der Waals surface area contributed by atoms with Crippen LogP contribution in [-0.4, -0.2) is 32.0 Å². The zero-order valence-electron chi connectivity index (χ0n) is 7.82. The topological polar surface area (TPSA) is 56.5 Å². The Morgan fingerprint density at radius 2 is 2.31 bits per heavy atom. The van der Waals surface area contributed by atoms with E-state index < -0.39 is 0 Å². The van der Waals surface area contributed by atoms with Gasteiger partial charge in [0.2, 0.25) is 0 Å². The first-order valence-electron chi connectivity index (χ1n) is 4.00. The van der Waals surface area contributed by atoms with Crippen LogP contribution in [0.2, 0.25) is 0 Å². The Morgan fingerprint density at radius 1 is 1.54 bits per heavy atom. The first-order chi connectivity index (χ1) is 6.36. The molecule has 1 aromatic rings. The summed E-state index contributed by atoms with van der Waals surface area (Å²) in [5, 5.41) is 3.11. The Hall–Kier alpha value is -0.910. The van der Waals surface area contributed by atoms with Crippen LogP contribution in [-0.2, 0) is 16.0 Å². The molecule has 0 spiro atoms. The average Bonchev–Trinajstić information content (AvgIpc) is 2.65. The van der Waals surface area contributed by atoms with Crippen LogP contribution in [0.25, 0.3) is 0 Å². The molecular weight excluding hydrogens is 172 g/mol. The van der Waals surface area contributed by atoms with E-state index >= 15 is 0 Å². The third-order valence-electron chi connectivity index (χ3n) is 1.62. The van der Waals surface area contributed by atoms with Gasteiger partial charge in [-0.3, -0.25) is 0 Å². The van der Waals surface area contributed by atoms with Crippen molar-refractivity contribution in [2.75, 3.05) is 20.8 Å². The molecule has 74 valence electrons. The van der Waals surface area contributed by atoms with Crippen molar-refractivity contribution >= 4 is 0 Å². The summed E-state index contributed by atoms with van der Waals surface area (Å²) in [5.41, 5.74) is 0. The summed E-state index contributed by atoms with van der Waals surface area (Å²) in [6.07, 6.45) is 2.85. The van der Waals surface area contributed by atoms with Gasteiger partial charge in [0.15, 0.2) is 12.7 Å². The molecule has 1 aromatic heterocycles. The summed E-state index contributed by atoms with van der Waals surface area (Å²) in [5.74, 6) is 0.797. The minimum atomic E-state index is -0.220. The molecule has 0 fully saturated rings. The van der Waals surface area contributed by atoms with E-state index in [0.29, 0.717) is 13.1 Å². The maximum absolute atomic E-state index is 5.03. The van der Waals surface area contributed by atoms with Gasteiger partial charge in [-0.15, -0.1) is 0 Å². The SMILES string of the molecule is COC(CNCc1cnco1)OC. The van der Waals surface area contributed by atoms with Crippen LogP contribution in [0, 0.1) is 0 Å². The quantitative estimate of drug-likeness (QED) is 0.651. The summed E-state index contributed by atoms with van der Waals surface area (Å²) >= 11 is 0. The molecule has 1 N–H and O–H groups in total. The maximum Gasteiger partial charge on any atom is 0.180 e. The highest BCUT2D eigenvalue weighted by molar-refractivity contribution is 4.86. The van der Waals surface area contributed by atoms with Crippen molar-refractivity contribution in [3.8, 4) is 0 Å². The molecule has 0 aliphatic rings. The summed E-state index contributed by atoms with van der Waals surface area (Å²) in [7, 11) is 3.20. The highest BCUT2D eigenvalue weighted by atomic mass is 16.7. The second-order valence-electron chi connectivity index (χ2n) is 2.50. The Morgan fingerprint density at radius 3 is 2.85 bits per heavy atom. The van der Waals surface area contributed by atoms with Gasteiger partial charge in [0, 0.05) is 20.8 Å². The minimum Gasteiger partial charge on any atom is -0.447 e. The van der Waals surface area contributed by atoms with E-state index in [4.69, 9.17) is 13.9 Å². The molecule has 0 aliphatic heterocycles. The van der Waals surface area contributed by atoms with E-state index in [-0.39, 0.29) is 6.29 Å². The lowest BCUT2D eigenvalue weighted by Crippen LogP contribution is -2.29. The van der Waals surface area contributed by atoms with Gasteiger partial charge in [0.1, 0.15) is 5.76 Å². The van der Waals surface area contributed by atoms with E-state index in [2.05, 4.69) is 10.3 Å². The molecule has 0 amide bonds. The van der Waals surface area contributed by atoms with E-state index in [1.165, 1.54) is 6.39 Å². The van der Waals surface area contributed by atoms with E-state index in [0.717, 1.165) is 5.76 Å². The summed E-state index contributed by atoms with van der Waals surface area (Å²) in [6.45, 7) is 1.25.